The first-order valence-corrected chi connectivity index (χ1v) is 8.63. The fourth-order valence-electron chi connectivity index (χ4n) is 1.92. The predicted octanol–water partition coefficient (Wildman–Crippen LogP) is 2.98. The number of benzene rings is 1. The molecule has 0 saturated heterocycles. The van der Waals surface area contributed by atoms with E-state index in [-0.39, 0.29) is 12.1 Å². The van der Waals surface area contributed by atoms with E-state index in [9.17, 15) is 5.11 Å². The minimum atomic E-state index is -0.679. The summed E-state index contributed by atoms with van der Waals surface area (Å²) < 4.78 is 11.7. The summed E-state index contributed by atoms with van der Waals surface area (Å²) in [6.45, 7) is 4.82. The van der Waals surface area contributed by atoms with Crippen molar-refractivity contribution < 1.29 is 14.6 Å². The number of nitrogens with one attached hydrogen (secondary N) is 2. The molecule has 2 aromatic rings. The van der Waals surface area contributed by atoms with E-state index in [1.807, 2.05) is 26.0 Å². The minimum Gasteiger partial charge on any atom is -0.489 e. The third-order valence-electron chi connectivity index (χ3n) is 3.32. The van der Waals surface area contributed by atoms with Crippen molar-refractivity contribution in [1.29, 1.82) is 0 Å². The molecule has 0 spiro atoms. The number of para-hydroxylation sites is 1. The summed E-state index contributed by atoms with van der Waals surface area (Å²) in [5.74, 6) is 1.02. The molecular formula is C17H22ClN3O3S. The second kappa shape index (κ2) is 9.15. The van der Waals surface area contributed by atoms with Gasteiger partial charge in [0.2, 0.25) is 5.88 Å². The molecular weight excluding hydrogens is 362 g/mol. The monoisotopic (exact) mass is 383 g/mol. The third kappa shape index (κ3) is 6.99. The van der Waals surface area contributed by atoms with Crippen molar-refractivity contribution in [2.45, 2.75) is 25.5 Å². The van der Waals surface area contributed by atoms with Crippen LogP contribution in [0.1, 0.15) is 13.8 Å². The van der Waals surface area contributed by atoms with E-state index in [0.29, 0.717) is 34.4 Å². The van der Waals surface area contributed by atoms with E-state index in [1.54, 1.807) is 24.3 Å². The van der Waals surface area contributed by atoms with Crippen LogP contribution in [0.15, 0.2) is 36.4 Å². The fourth-order valence-corrected chi connectivity index (χ4v) is 2.22. The van der Waals surface area contributed by atoms with Gasteiger partial charge in [-0.2, -0.15) is 0 Å². The Morgan fingerprint density at radius 2 is 2.04 bits per heavy atom. The summed E-state index contributed by atoms with van der Waals surface area (Å²) in [7, 11) is 0. The van der Waals surface area contributed by atoms with Crippen molar-refractivity contribution in [2.75, 3.05) is 19.8 Å². The van der Waals surface area contributed by atoms with Gasteiger partial charge in [0.05, 0.1) is 5.02 Å². The zero-order chi connectivity index (χ0) is 18.3. The normalized spacial score (nSPS) is 12.6. The molecule has 6 nitrogen and oxygen atoms in total. The summed E-state index contributed by atoms with van der Waals surface area (Å²) in [6.07, 6.45) is -0.679. The van der Waals surface area contributed by atoms with E-state index in [4.69, 9.17) is 33.3 Å². The molecule has 0 aliphatic carbocycles. The molecule has 0 fully saturated rings. The molecule has 0 aliphatic rings. The standard InChI is InChI=1S/C17H22ClN3O3S/c1-17(2,11-24-15-7-8-16(25)21-20-15)19-9-12(22)10-23-14-6-4-3-5-13(14)18/h3-8,12,19,22H,9-11H2,1-2H3,(H,21,25)/t12-/m1/s1. The van der Waals surface area contributed by atoms with E-state index in [1.165, 1.54) is 0 Å². The number of hydrogen-bond acceptors (Lipinski definition) is 6. The summed E-state index contributed by atoms with van der Waals surface area (Å²) in [5.41, 5.74) is -0.361. The number of nitrogens with zero attached hydrogens (tertiary/aromatic N) is 1. The van der Waals surface area contributed by atoms with E-state index in [0.717, 1.165) is 0 Å². The van der Waals surface area contributed by atoms with Crippen LogP contribution in [0.3, 0.4) is 0 Å². The molecule has 0 radical (unpaired) electrons. The van der Waals surface area contributed by atoms with Crippen LogP contribution < -0.4 is 14.8 Å². The number of hydrogen-bond donors (Lipinski definition) is 3. The molecule has 2 rings (SSSR count). The van der Waals surface area contributed by atoms with Gasteiger partial charge in [0, 0.05) is 18.2 Å². The maximum atomic E-state index is 10.1. The van der Waals surface area contributed by atoms with Crippen LogP contribution in [0.4, 0.5) is 0 Å². The fraction of sp³-hybridized carbons (Fsp3) is 0.412. The quantitative estimate of drug-likeness (QED) is 0.578. The van der Waals surface area contributed by atoms with Gasteiger partial charge in [-0.05, 0) is 32.0 Å². The van der Waals surface area contributed by atoms with Gasteiger partial charge < -0.3 is 19.9 Å². The van der Waals surface area contributed by atoms with Crippen LogP contribution in [0, 0.1) is 4.64 Å². The molecule has 0 saturated carbocycles. The van der Waals surface area contributed by atoms with Gasteiger partial charge in [-0.15, -0.1) is 5.10 Å². The molecule has 25 heavy (non-hydrogen) atoms. The molecule has 0 aliphatic heterocycles. The Morgan fingerprint density at radius 3 is 2.72 bits per heavy atom. The van der Waals surface area contributed by atoms with Gasteiger partial charge in [-0.3, -0.25) is 5.10 Å². The van der Waals surface area contributed by atoms with E-state index < -0.39 is 6.10 Å². The Balaban J connectivity index is 1.73. The van der Waals surface area contributed by atoms with Crippen molar-refractivity contribution in [3.8, 4) is 11.6 Å². The molecule has 1 atom stereocenters. The Bertz CT molecular complexity index is 719. The van der Waals surface area contributed by atoms with Gasteiger partial charge in [-0.1, -0.05) is 36.0 Å². The lowest BCUT2D eigenvalue weighted by Crippen LogP contribution is -2.48. The lowest BCUT2D eigenvalue weighted by Gasteiger charge is -2.27. The topological polar surface area (TPSA) is 79.4 Å². The zero-order valence-corrected chi connectivity index (χ0v) is 15.7. The zero-order valence-electron chi connectivity index (χ0n) is 14.2. The van der Waals surface area contributed by atoms with E-state index in [2.05, 4.69) is 15.5 Å². The maximum absolute atomic E-state index is 10.1. The number of rotatable bonds is 9. The van der Waals surface area contributed by atoms with Crippen molar-refractivity contribution >= 4 is 23.8 Å². The molecule has 0 unspecified atom stereocenters. The van der Waals surface area contributed by atoms with Gasteiger partial charge >= 0.3 is 0 Å². The number of aliphatic hydroxyl groups is 1. The first kappa shape index (κ1) is 19.7. The molecule has 3 N–H and O–H groups in total. The summed E-state index contributed by atoms with van der Waals surface area (Å²) >= 11 is 10.9. The number of β-amino-alcohol motifs (C(OH)–C–C–N with tert-alkyl or cyclic N) is 1. The average Bonchev–Trinajstić information content (AvgIpc) is 2.59. The summed E-state index contributed by atoms with van der Waals surface area (Å²) in [6, 6.07) is 10.6. The summed E-state index contributed by atoms with van der Waals surface area (Å²) in [4.78, 5) is 0. The van der Waals surface area contributed by atoms with Gasteiger partial charge in [0.25, 0.3) is 0 Å². The van der Waals surface area contributed by atoms with Crippen LogP contribution >= 0.6 is 23.8 Å². The van der Waals surface area contributed by atoms with Crippen LogP contribution in [-0.2, 0) is 0 Å². The van der Waals surface area contributed by atoms with Gasteiger partial charge in [0.1, 0.15) is 29.7 Å². The number of H-pyrrole nitrogens is 1. The summed E-state index contributed by atoms with van der Waals surface area (Å²) in [5, 5.41) is 20.5. The number of ether oxygens (including phenoxy) is 2. The first-order valence-electron chi connectivity index (χ1n) is 7.85. The molecule has 0 bridgehead atoms. The number of halogens is 1. The van der Waals surface area contributed by atoms with Gasteiger partial charge in [0.15, 0.2) is 0 Å². The lowest BCUT2D eigenvalue weighted by atomic mass is 10.1. The Labute approximate surface area is 157 Å². The van der Waals surface area contributed by atoms with Gasteiger partial charge in [-0.25, -0.2) is 0 Å². The SMILES string of the molecule is CC(C)(COc1ccc(=S)[nH]n1)NC[C@@H](O)COc1ccccc1Cl. The molecule has 136 valence electrons. The number of aromatic amines is 1. The van der Waals surface area contributed by atoms with Crippen molar-refractivity contribution in [3.63, 3.8) is 0 Å². The first-order chi connectivity index (χ1) is 11.9. The number of aromatic nitrogens is 2. The average molecular weight is 384 g/mol. The van der Waals surface area contributed by atoms with Crippen molar-refractivity contribution in [3.05, 3.63) is 46.1 Å². The smallest absolute Gasteiger partial charge is 0.231 e. The Hall–Kier alpha value is -1.67. The highest BCUT2D eigenvalue weighted by atomic mass is 35.5. The van der Waals surface area contributed by atoms with Crippen LogP contribution in [0.5, 0.6) is 11.6 Å². The van der Waals surface area contributed by atoms with Crippen molar-refractivity contribution in [2.24, 2.45) is 0 Å². The van der Waals surface area contributed by atoms with Crippen LogP contribution in [0.2, 0.25) is 5.02 Å². The molecule has 1 aromatic carbocycles. The molecule has 1 heterocycles. The highest BCUT2D eigenvalue weighted by molar-refractivity contribution is 7.71. The van der Waals surface area contributed by atoms with Crippen LogP contribution in [-0.4, -0.2) is 46.7 Å². The minimum absolute atomic E-state index is 0.143. The highest BCUT2D eigenvalue weighted by Gasteiger charge is 2.20. The van der Waals surface area contributed by atoms with Crippen molar-refractivity contribution in [1.82, 2.24) is 15.5 Å². The van der Waals surface area contributed by atoms with Crippen LogP contribution in [0.25, 0.3) is 0 Å². The Morgan fingerprint density at radius 1 is 1.28 bits per heavy atom. The predicted molar refractivity (Wildman–Crippen MR) is 100.0 cm³/mol. The number of aliphatic hydroxyl groups excluding tert-OH is 1. The highest BCUT2D eigenvalue weighted by Crippen LogP contribution is 2.23. The maximum Gasteiger partial charge on any atom is 0.231 e. The third-order valence-corrected chi connectivity index (χ3v) is 3.86. The Kier molecular flexibility index (Phi) is 7.19. The second-order valence-electron chi connectivity index (χ2n) is 6.21. The molecule has 1 aromatic heterocycles. The second-order valence-corrected chi connectivity index (χ2v) is 7.06. The van der Waals surface area contributed by atoms with E-state index >= 15 is 0 Å². The lowest BCUT2D eigenvalue weighted by molar-refractivity contribution is 0.0923. The molecule has 8 heteroatoms. The molecule has 0 amide bonds. The largest absolute Gasteiger partial charge is 0.489 e.